The molecule has 2 amide bonds. The molecule has 0 unspecified atom stereocenters. The topological polar surface area (TPSA) is 49.4 Å². The minimum Gasteiger partial charge on any atom is -0.356 e. The maximum atomic E-state index is 12.5. The van der Waals surface area contributed by atoms with E-state index in [0.29, 0.717) is 36.0 Å². The summed E-state index contributed by atoms with van der Waals surface area (Å²) in [4.78, 5) is 25.9. The van der Waals surface area contributed by atoms with Crippen molar-refractivity contribution in [2.45, 2.75) is 32.6 Å². The molecule has 1 aliphatic heterocycles. The standard InChI is InChI=1S/C17H23ClN2O2/c1-2-4-16(21)19-11-13-5-3-10-20(12-13)17(22)14-6-8-15(18)9-7-14/h6-9,13H,2-5,10-12H2,1H3,(H,19,21)/t13-/m0/s1. The van der Waals surface area contributed by atoms with Crippen molar-refractivity contribution < 1.29 is 9.59 Å². The lowest BCUT2D eigenvalue weighted by Gasteiger charge is -2.33. The fourth-order valence-electron chi connectivity index (χ4n) is 2.76. The lowest BCUT2D eigenvalue weighted by atomic mass is 9.97. The van der Waals surface area contributed by atoms with Gasteiger partial charge in [0.05, 0.1) is 0 Å². The SMILES string of the molecule is CCCC(=O)NC[C@@H]1CCCN(C(=O)c2ccc(Cl)cc2)C1. The molecule has 0 spiro atoms. The minimum absolute atomic E-state index is 0.0428. The molecule has 2 rings (SSSR count). The fourth-order valence-corrected chi connectivity index (χ4v) is 2.89. The second-order valence-electron chi connectivity index (χ2n) is 5.82. The number of amides is 2. The van der Waals surface area contributed by atoms with Crippen molar-refractivity contribution in [1.29, 1.82) is 0 Å². The summed E-state index contributed by atoms with van der Waals surface area (Å²) < 4.78 is 0. The molecule has 1 aliphatic rings. The number of nitrogens with zero attached hydrogens (tertiary/aromatic N) is 1. The summed E-state index contributed by atoms with van der Waals surface area (Å²) in [7, 11) is 0. The molecule has 1 atom stereocenters. The summed E-state index contributed by atoms with van der Waals surface area (Å²) in [5, 5.41) is 3.60. The van der Waals surface area contributed by atoms with E-state index in [-0.39, 0.29) is 11.8 Å². The van der Waals surface area contributed by atoms with Crippen LogP contribution in [0.15, 0.2) is 24.3 Å². The van der Waals surface area contributed by atoms with Crippen molar-refractivity contribution in [2.75, 3.05) is 19.6 Å². The van der Waals surface area contributed by atoms with Crippen LogP contribution in [0.1, 0.15) is 43.0 Å². The molecule has 1 heterocycles. The first-order valence-electron chi connectivity index (χ1n) is 7.91. The van der Waals surface area contributed by atoms with Crippen molar-refractivity contribution in [3.63, 3.8) is 0 Å². The van der Waals surface area contributed by atoms with Gasteiger partial charge in [0.25, 0.3) is 5.91 Å². The van der Waals surface area contributed by atoms with Crippen molar-refractivity contribution in [3.8, 4) is 0 Å². The maximum Gasteiger partial charge on any atom is 0.253 e. The zero-order valence-electron chi connectivity index (χ0n) is 13.0. The van der Waals surface area contributed by atoms with Gasteiger partial charge in [0, 0.05) is 36.6 Å². The van der Waals surface area contributed by atoms with Gasteiger partial charge < -0.3 is 10.2 Å². The molecular weight excluding hydrogens is 300 g/mol. The summed E-state index contributed by atoms with van der Waals surface area (Å²) in [5.74, 6) is 0.482. The van der Waals surface area contributed by atoms with Crippen LogP contribution < -0.4 is 5.32 Å². The van der Waals surface area contributed by atoms with Gasteiger partial charge in [-0.25, -0.2) is 0 Å². The van der Waals surface area contributed by atoms with Gasteiger partial charge in [-0.05, 0) is 49.4 Å². The average Bonchev–Trinajstić information content (AvgIpc) is 2.53. The molecule has 120 valence electrons. The van der Waals surface area contributed by atoms with E-state index in [1.54, 1.807) is 24.3 Å². The van der Waals surface area contributed by atoms with Crippen LogP contribution in [0, 0.1) is 5.92 Å². The average molecular weight is 323 g/mol. The Bertz CT molecular complexity index is 516. The Balaban J connectivity index is 1.88. The summed E-state index contributed by atoms with van der Waals surface area (Å²) in [6.45, 7) is 4.13. The van der Waals surface area contributed by atoms with Crippen molar-refractivity contribution in [2.24, 2.45) is 5.92 Å². The number of rotatable bonds is 5. The van der Waals surface area contributed by atoms with Crippen LogP contribution in [0.25, 0.3) is 0 Å². The fraction of sp³-hybridized carbons (Fsp3) is 0.529. The second kappa shape index (κ2) is 8.18. The molecule has 1 N–H and O–H groups in total. The minimum atomic E-state index is 0.0428. The molecule has 1 fully saturated rings. The highest BCUT2D eigenvalue weighted by molar-refractivity contribution is 6.30. The Morgan fingerprint density at radius 2 is 2.05 bits per heavy atom. The summed E-state index contributed by atoms with van der Waals surface area (Å²) in [5.41, 5.74) is 0.667. The molecule has 0 aromatic heterocycles. The second-order valence-corrected chi connectivity index (χ2v) is 6.26. The van der Waals surface area contributed by atoms with Crippen molar-refractivity contribution in [1.82, 2.24) is 10.2 Å². The maximum absolute atomic E-state index is 12.5. The normalized spacial score (nSPS) is 18.1. The van der Waals surface area contributed by atoms with Gasteiger partial charge in [-0.15, -0.1) is 0 Å². The Morgan fingerprint density at radius 3 is 2.73 bits per heavy atom. The zero-order valence-corrected chi connectivity index (χ0v) is 13.7. The third-order valence-corrected chi connectivity index (χ3v) is 4.21. The molecule has 4 nitrogen and oxygen atoms in total. The number of carbonyl (C=O) groups is 2. The largest absolute Gasteiger partial charge is 0.356 e. The van der Waals surface area contributed by atoms with Gasteiger partial charge in [-0.3, -0.25) is 9.59 Å². The number of hydrogen-bond acceptors (Lipinski definition) is 2. The first-order valence-corrected chi connectivity index (χ1v) is 8.29. The van der Waals surface area contributed by atoms with E-state index in [4.69, 9.17) is 11.6 Å². The molecule has 1 aromatic rings. The molecule has 0 saturated carbocycles. The van der Waals surface area contributed by atoms with E-state index >= 15 is 0 Å². The lowest BCUT2D eigenvalue weighted by Crippen LogP contribution is -2.43. The third-order valence-electron chi connectivity index (χ3n) is 3.96. The molecule has 5 heteroatoms. The molecule has 0 aliphatic carbocycles. The van der Waals surface area contributed by atoms with Gasteiger partial charge >= 0.3 is 0 Å². The Hall–Kier alpha value is -1.55. The highest BCUT2D eigenvalue weighted by atomic mass is 35.5. The molecule has 22 heavy (non-hydrogen) atoms. The molecular formula is C17H23ClN2O2. The van der Waals surface area contributed by atoms with Crippen molar-refractivity contribution >= 4 is 23.4 Å². The lowest BCUT2D eigenvalue weighted by molar-refractivity contribution is -0.121. The van der Waals surface area contributed by atoms with Gasteiger partial charge in [-0.1, -0.05) is 18.5 Å². The molecule has 1 aromatic carbocycles. The highest BCUT2D eigenvalue weighted by Crippen LogP contribution is 2.19. The van der Waals surface area contributed by atoms with Gasteiger partial charge in [-0.2, -0.15) is 0 Å². The van der Waals surface area contributed by atoms with Crippen molar-refractivity contribution in [3.05, 3.63) is 34.9 Å². The Labute approximate surface area is 136 Å². The predicted octanol–water partition coefficient (Wildman–Crippen LogP) is 3.11. The number of benzene rings is 1. The van der Waals surface area contributed by atoms with E-state index in [0.717, 1.165) is 25.8 Å². The van der Waals surface area contributed by atoms with E-state index in [1.807, 2.05) is 11.8 Å². The molecule has 0 bridgehead atoms. The van der Waals surface area contributed by atoms with E-state index in [2.05, 4.69) is 5.32 Å². The molecule has 0 radical (unpaired) electrons. The third kappa shape index (κ3) is 4.73. The van der Waals surface area contributed by atoms with Crippen LogP contribution in [0.2, 0.25) is 5.02 Å². The monoisotopic (exact) mass is 322 g/mol. The smallest absolute Gasteiger partial charge is 0.253 e. The number of hydrogen-bond donors (Lipinski definition) is 1. The number of halogens is 1. The number of piperidine rings is 1. The summed E-state index contributed by atoms with van der Waals surface area (Å²) in [6, 6.07) is 7.00. The van der Waals surface area contributed by atoms with Gasteiger partial charge in [0.1, 0.15) is 0 Å². The van der Waals surface area contributed by atoms with E-state index < -0.39 is 0 Å². The number of likely N-dealkylation sites (tertiary alicyclic amines) is 1. The van der Waals surface area contributed by atoms with Crippen LogP contribution in [0.4, 0.5) is 0 Å². The summed E-state index contributed by atoms with van der Waals surface area (Å²) in [6.07, 6.45) is 3.46. The number of nitrogens with one attached hydrogen (secondary N) is 1. The van der Waals surface area contributed by atoms with Crippen LogP contribution in [-0.4, -0.2) is 36.3 Å². The quantitative estimate of drug-likeness (QED) is 0.905. The molecule has 1 saturated heterocycles. The first kappa shape index (κ1) is 16.8. The first-order chi connectivity index (χ1) is 10.6. The van der Waals surface area contributed by atoms with Crippen LogP contribution >= 0.6 is 11.6 Å². The zero-order chi connectivity index (χ0) is 15.9. The number of carbonyl (C=O) groups excluding carboxylic acids is 2. The Kier molecular flexibility index (Phi) is 6.25. The van der Waals surface area contributed by atoms with Crippen LogP contribution in [-0.2, 0) is 4.79 Å². The van der Waals surface area contributed by atoms with Gasteiger partial charge in [0.2, 0.25) is 5.91 Å². The summed E-state index contributed by atoms with van der Waals surface area (Å²) >= 11 is 5.86. The van der Waals surface area contributed by atoms with E-state index in [9.17, 15) is 9.59 Å². The highest BCUT2D eigenvalue weighted by Gasteiger charge is 2.24. The Morgan fingerprint density at radius 1 is 1.32 bits per heavy atom. The van der Waals surface area contributed by atoms with Gasteiger partial charge in [0.15, 0.2) is 0 Å². The van der Waals surface area contributed by atoms with E-state index in [1.165, 1.54) is 0 Å². The predicted molar refractivity (Wildman–Crippen MR) is 88.0 cm³/mol. The van der Waals surface area contributed by atoms with Crippen LogP contribution in [0.5, 0.6) is 0 Å². The van der Waals surface area contributed by atoms with Crippen LogP contribution in [0.3, 0.4) is 0 Å².